The second-order valence-corrected chi connectivity index (χ2v) is 6.41. The van der Waals surface area contributed by atoms with Crippen LogP contribution in [0.4, 0.5) is 0 Å². The number of phenols is 1. The van der Waals surface area contributed by atoms with Crippen LogP contribution in [0, 0.1) is 6.92 Å². The Hall–Kier alpha value is -1.80. The van der Waals surface area contributed by atoms with Crippen LogP contribution < -0.4 is 5.32 Å². The Morgan fingerprint density at radius 1 is 1.10 bits per heavy atom. The number of rotatable bonds is 5. The van der Waals surface area contributed by atoms with Crippen LogP contribution in [0.5, 0.6) is 5.75 Å². The van der Waals surface area contributed by atoms with E-state index in [0.717, 1.165) is 17.7 Å². The van der Waals surface area contributed by atoms with Gasteiger partial charge in [0.25, 0.3) is 0 Å². The van der Waals surface area contributed by atoms with Gasteiger partial charge in [-0.25, -0.2) is 0 Å². The van der Waals surface area contributed by atoms with Crippen molar-refractivity contribution in [3.05, 3.63) is 65.2 Å². The van der Waals surface area contributed by atoms with E-state index in [1.165, 1.54) is 5.56 Å². The van der Waals surface area contributed by atoms with E-state index in [1.54, 1.807) is 0 Å². The van der Waals surface area contributed by atoms with Crippen LogP contribution in [0.2, 0.25) is 0 Å². The third-order valence-electron chi connectivity index (χ3n) is 4.06. The monoisotopic (exact) mass is 283 g/mol. The van der Waals surface area contributed by atoms with Crippen molar-refractivity contribution in [1.29, 1.82) is 0 Å². The van der Waals surface area contributed by atoms with Crippen LogP contribution in [-0.2, 0) is 5.41 Å². The molecule has 0 saturated carbocycles. The summed E-state index contributed by atoms with van der Waals surface area (Å²) in [5.74, 6) is 0.368. The molecule has 1 atom stereocenters. The number of phenolic OH excluding ortho intramolecular Hbond substituents is 1. The summed E-state index contributed by atoms with van der Waals surface area (Å²) < 4.78 is 0. The highest BCUT2D eigenvalue weighted by Crippen LogP contribution is 2.27. The minimum atomic E-state index is 0.0514. The fourth-order valence-corrected chi connectivity index (χ4v) is 2.53. The highest BCUT2D eigenvalue weighted by atomic mass is 16.3. The van der Waals surface area contributed by atoms with Crippen molar-refractivity contribution in [2.45, 2.75) is 39.2 Å². The molecule has 2 nitrogen and oxygen atoms in total. The molecule has 2 aromatic rings. The summed E-state index contributed by atoms with van der Waals surface area (Å²) in [5, 5.41) is 13.6. The molecule has 1 unspecified atom stereocenters. The van der Waals surface area contributed by atoms with Crippen LogP contribution in [0.3, 0.4) is 0 Å². The summed E-state index contributed by atoms with van der Waals surface area (Å²) in [5.41, 5.74) is 3.39. The largest absolute Gasteiger partial charge is 0.508 e. The maximum Gasteiger partial charge on any atom is 0.120 e. The average molecular weight is 283 g/mol. The molecule has 0 radical (unpaired) electrons. The zero-order chi connectivity index (χ0) is 15.5. The molecule has 0 aliphatic rings. The van der Waals surface area contributed by atoms with Crippen molar-refractivity contribution in [2.24, 2.45) is 0 Å². The highest BCUT2D eigenvalue weighted by Gasteiger charge is 2.21. The molecule has 0 aliphatic heterocycles. The van der Waals surface area contributed by atoms with Gasteiger partial charge in [0.15, 0.2) is 0 Å². The van der Waals surface area contributed by atoms with Gasteiger partial charge in [-0.2, -0.15) is 0 Å². The van der Waals surface area contributed by atoms with Crippen LogP contribution in [0.25, 0.3) is 0 Å². The maximum atomic E-state index is 10.1. The first-order chi connectivity index (χ1) is 9.90. The molecule has 2 N–H and O–H groups in total. The first-order valence-electron chi connectivity index (χ1n) is 7.48. The number of aromatic hydroxyl groups is 1. The van der Waals surface area contributed by atoms with Gasteiger partial charge < -0.3 is 10.4 Å². The van der Waals surface area contributed by atoms with Gasteiger partial charge >= 0.3 is 0 Å². The van der Waals surface area contributed by atoms with Crippen LogP contribution in [-0.4, -0.2) is 11.7 Å². The predicted molar refractivity (Wildman–Crippen MR) is 88.7 cm³/mol. The van der Waals surface area contributed by atoms with Gasteiger partial charge in [0, 0.05) is 23.6 Å². The molecule has 2 heteroatoms. The Bertz CT molecular complexity index is 590. The van der Waals surface area contributed by atoms with Gasteiger partial charge in [0.2, 0.25) is 0 Å². The maximum absolute atomic E-state index is 10.1. The smallest absolute Gasteiger partial charge is 0.120 e. The predicted octanol–water partition coefficient (Wildman–Crippen LogP) is 4.33. The second kappa shape index (κ2) is 6.31. The average Bonchev–Trinajstić information content (AvgIpc) is 2.46. The van der Waals surface area contributed by atoms with Crippen LogP contribution in [0.1, 0.15) is 43.5 Å². The molecule has 0 bridgehead atoms. The molecule has 0 fully saturated rings. The van der Waals surface area contributed by atoms with Crippen molar-refractivity contribution >= 4 is 0 Å². The molecule has 0 spiro atoms. The normalized spacial score (nSPS) is 13.1. The Balaban J connectivity index is 2.05. The van der Waals surface area contributed by atoms with E-state index in [4.69, 9.17) is 0 Å². The molecule has 0 heterocycles. The van der Waals surface area contributed by atoms with E-state index in [0.29, 0.717) is 5.75 Å². The second-order valence-electron chi connectivity index (χ2n) is 6.41. The highest BCUT2D eigenvalue weighted by molar-refractivity contribution is 5.38. The number of benzene rings is 2. The number of nitrogens with one attached hydrogen (secondary N) is 1. The fourth-order valence-electron chi connectivity index (χ4n) is 2.53. The lowest BCUT2D eigenvalue weighted by atomic mass is 9.84. The van der Waals surface area contributed by atoms with Gasteiger partial charge in [0.1, 0.15) is 5.75 Å². The standard InChI is InChI=1S/C19H25NO/c1-14-10-11-17(18(21)12-14)15(2)20-13-19(3,4)16-8-6-5-7-9-16/h5-12,15,20-21H,13H2,1-4H3. The SMILES string of the molecule is Cc1ccc(C(C)NCC(C)(C)c2ccccc2)c(O)c1. The Kier molecular flexibility index (Phi) is 4.69. The van der Waals surface area contributed by atoms with Gasteiger partial charge in [0.05, 0.1) is 0 Å². The quantitative estimate of drug-likeness (QED) is 0.856. The lowest BCUT2D eigenvalue weighted by molar-refractivity contribution is 0.417. The lowest BCUT2D eigenvalue weighted by Gasteiger charge is -2.28. The van der Waals surface area contributed by atoms with Gasteiger partial charge in [-0.05, 0) is 31.0 Å². The fraction of sp³-hybridized carbons (Fsp3) is 0.368. The van der Waals surface area contributed by atoms with Gasteiger partial charge in [-0.1, -0.05) is 56.3 Å². The zero-order valence-corrected chi connectivity index (χ0v) is 13.4. The van der Waals surface area contributed by atoms with Crippen molar-refractivity contribution < 1.29 is 5.11 Å². The number of hydrogen-bond acceptors (Lipinski definition) is 2. The molecule has 112 valence electrons. The first kappa shape index (κ1) is 15.6. The lowest BCUT2D eigenvalue weighted by Crippen LogP contribution is -2.34. The Labute approximate surface area is 127 Å². The van der Waals surface area contributed by atoms with Crippen LogP contribution >= 0.6 is 0 Å². The molecular formula is C19H25NO. The molecule has 2 rings (SSSR count). The Morgan fingerprint density at radius 3 is 2.38 bits per heavy atom. The third-order valence-corrected chi connectivity index (χ3v) is 4.06. The minimum absolute atomic E-state index is 0.0514. The molecule has 0 aromatic heterocycles. The van der Waals surface area contributed by atoms with E-state index in [9.17, 15) is 5.11 Å². The first-order valence-corrected chi connectivity index (χ1v) is 7.48. The molecular weight excluding hydrogens is 258 g/mol. The van der Waals surface area contributed by atoms with E-state index >= 15 is 0 Å². The minimum Gasteiger partial charge on any atom is -0.508 e. The van der Waals surface area contributed by atoms with Gasteiger partial charge in [-0.3, -0.25) is 0 Å². The van der Waals surface area contributed by atoms with E-state index in [2.05, 4.69) is 50.4 Å². The molecule has 0 saturated heterocycles. The molecule has 2 aromatic carbocycles. The van der Waals surface area contributed by atoms with Crippen molar-refractivity contribution in [1.82, 2.24) is 5.32 Å². The number of aryl methyl sites for hydroxylation is 1. The molecule has 0 aliphatic carbocycles. The Morgan fingerprint density at radius 2 is 1.76 bits per heavy atom. The summed E-state index contributed by atoms with van der Waals surface area (Å²) in [4.78, 5) is 0. The number of hydrogen-bond donors (Lipinski definition) is 2. The topological polar surface area (TPSA) is 32.3 Å². The van der Waals surface area contributed by atoms with Crippen LogP contribution in [0.15, 0.2) is 48.5 Å². The third kappa shape index (κ3) is 3.85. The van der Waals surface area contributed by atoms with Crippen molar-refractivity contribution in [2.75, 3.05) is 6.54 Å². The zero-order valence-electron chi connectivity index (χ0n) is 13.4. The summed E-state index contributed by atoms with van der Waals surface area (Å²) in [6, 6.07) is 16.5. The summed E-state index contributed by atoms with van der Waals surface area (Å²) in [7, 11) is 0. The van der Waals surface area contributed by atoms with E-state index in [1.807, 2.05) is 31.2 Å². The van der Waals surface area contributed by atoms with E-state index in [-0.39, 0.29) is 11.5 Å². The molecule has 0 amide bonds. The van der Waals surface area contributed by atoms with E-state index < -0.39 is 0 Å². The van der Waals surface area contributed by atoms with Crippen molar-refractivity contribution in [3.8, 4) is 5.75 Å². The molecule has 21 heavy (non-hydrogen) atoms. The summed E-state index contributed by atoms with van der Waals surface area (Å²) in [6.07, 6.45) is 0. The summed E-state index contributed by atoms with van der Waals surface area (Å²) >= 11 is 0. The van der Waals surface area contributed by atoms with Crippen molar-refractivity contribution in [3.63, 3.8) is 0 Å². The van der Waals surface area contributed by atoms with Gasteiger partial charge in [-0.15, -0.1) is 0 Å². The summed E-state index contributed by atoms with van der Waals surface area (Å²) in [6.45, 7) is 9.39.